The number of nitrogens with zero attached hydrogens (tertiary/aromatic N) is 5. The summed E-state index contributed by atoms with van der Waals surface area (Å²) in [5.74, 6) is -0.101. The van der Waals surface area contributed by atoms with Gasteiger partial charge in [0.05, 0.1) is 36.4 Å². The van der Waals surface area contributed by atoms with Crippen LogP contribution in [0.3, 0.4) is 0 Å². The molecule has 2 N–H and O–H groups in total. The lowest BCUT2D eigenvalue weighted by atomic mass is 9.95. The van der Waals surface area contributed by atoms with Gasteiger partial charge in [-0.2, -0.15) is 4.31 Å². The van der Waals surface area contributed by atoms with Crippen molar-refractivity contribution in [2.24, 2.45) is 11.8 Å². The number of urea groups is 1. The van der Waals surface area contributed by atoms with Crippen LogP contribution in [0, 0.1) is 11.8 Å². The van der Waals surface area contributed by atoms with E-state index in [0.29, 0.717) is 31.8 Å². The topological polar surface area (TPSA) is 145 Å². The number of nitrogens with one attached hydrogen (secondary N) is 1. The maximum Gasteiger partial charge on any atom is 0.321 e. The highest BCUT2D eigenvalue weighted by molar-refractivity contribution is 7.89. The molecule has 14 heteroatoms. The van der Waals surface area contributed by atoms with Crippen LogP contribution in [0.2, 0.25) is 0 Å². The van der Waals surface area contributed by atoms with E-state index >= 15 is 0 Å². The second-order valence-electron chi connectivity index (χ2n) is 14.5. The minimum atomic E-state index is -4.02. The molecule has 0 unspecified atom stereocenters. The molecule has 0 spiro atoms. The molecule has 0 bridgehead atoms. The second kappa shape index (κ2) is 19.0. The van der Waals surface area contributed by atoms with Crippen LogP contribution in [-0.2, 0) is 34.2 Å². The smallest absolute Gasteiger partial charge is 0.321 e. The Bertz CT molecular complexity index is 1970. The van der Waals surface area contributed by atoms with Gasteiger partial charge in [0.25, 0.3) is 0 Å². The molecular formula is C41H54N6O6S2. The van der Waals surface area contributed by atoms with Crippen molar-refractivity contribution in [3.63, 3.8) is 0 Å². The van der Waals surface area contributed by atoms with E-state index in [2.05, 4.69) is 17.2 Å². The van der Waals surface area contributed by atoms with Crippen LogP contribution in [-0.4, -0.2) is 101 Å². The predicted molar refractivity (Wildman–Crippen MR) is 215 cm³/mol. The molecule has 2 aromatic heterocycles. The Balaban J connectivity index is 1.35. The number of carbonyl (C=O) groups is 2. The molecule has 2 aromatic carbocycles. The van der Waals surface area contributed by atoms with E-state index in [1.165, 1.54) is 34.9 Å². The summed E-state index contributed by atoms with van der Waals surface area (Å²) >= 11 is 1.52. The van der Waals surface area contributed by atoms with Crippen molar-refractivity contribution in [2.45, 2.75) is 83.5 Å². The largest absolute Gasteiger partial charge is 0.497 e. The number of methoxy groups -OCH3 is 1. The Morgan fingerprint density at radius 3 is 2.40 bits per heavy atom. The van der Waals surface area contributed by atoms with Gasteiger partial charge < -0.3 is 25.0 Å². The van der Waals surface area contributed by atoms with Gasteiger partial charge in [0.2, 0.25) is 15.9 Å². The normalized spacial score (nSPS) is 15.7. The number of aliphatic hydroxyl groups is 1. The number of aliphatic hydroxyl groups excluding tert-OH is 1. The summed E-state index contributed by atoms with van der Waals surface area (Å²) in [7, 11) is -2.50. The van der Waals surface area contributed by atoms with E-state index in [0.717, 1.165) is 33.9 Å². The van der Waals surface area contributed by atoms with Crippen LogP contribution < -0.4 is 10.1 Å². The molecule has 55 heavy (non-hydrogen) atoms. The maximum atomic E-state index is 14.4. The third-order valence-electron chi connectivity index (χ3n) is 9.99. The molecule has 1 saturated heterocycles. The maximum absolute atomic E-state index is 14.4. The molecule has 1 aliphatic heterocycles. The molecule has 4 atom stereocenters. The van der Waals surface area contributed by atoms with E-state index in [1.54, 1.807) is 28.1 Å². The standard InChI is InChI=1S/C41H54N6O6S2/c1-7-29(5)38(47-21-20-45(41(47)50)25-33-27-54-40(43-33)31-18-19-42-32(8-2)23-31)39(49)44-36(22-30-12-10-9-11-13-30)37(48)26-46(24-28(3)4)55(51,52)35-16-14-34(53-6)15-17-35/h9-19,23,27-29,36-38,48H,7-8,20-22,24-26H2,1-6H3,(H,44,49)/t29-,36-,37+,38-/m0/s1. The van der Waals surface area contributed by atoms with E-state index in [4.69, 9.17) is 9.72 Å². The molecule has 3 heterocycles. The molecule has 0 radical (unpaired) electrons. The van der Waals surface area contributed by atoms with Crippen molar-refractivity contribution in [3.8, 4) is 16.3 Å². The summed E-state index contributed by atoms with van der Waals surface area (Å²) in [6.45, 7) is 10.8. The summed E-state index contributed by atoms with van der Waals surface area (Å²) < 4.78 is 34.4. The summed E-state index contributed by atoms with van der Waals surface area (Å²) in [5.41, 5.74) is 3.61. The minimum absolute atomic E-state index is 0.0401. The number of carbonyl (C=O) groups excluding carboxylic acids is 2. The monoisotopic (exact) mass is 790 g/mol. The Morgan fingerprint density at radius 1 is 1.02 bits per heavy atom. The van der Waals surface area contributed by atoms with E-state index < -0.39 is 34.1 Å². The Kier molecular flexibility index (Phi) is 14.4. The van der Waals surface area contributed by atoms with Crippen LogP contribution in [0.15, 0.2) is 83.2 Å². The van der Waals surface area contributed by atoms with Gasteiger partial charge in [-0.15, -0.1) is 11.3 Å². The molecule has 4 aromatic rings. The third kappa shape index (κ3) is 10.5. The number of sulfonamides is 1. The van der Waals surface area contributed by atoms with Crippen molar-refractivity contribution < 1.29 is 27.9 Å². The summed E-state index contributed by atoms with van der Waals surface area (Å²) in [4.78, 5) is 41.0. The number of thiazole rings is 1. The SMILES string of the molecule is CCc1cc(-c2nc(CN3CCN([C@H](C(=O)N[C@@H](Cc4ccccc4)[C@H](O)CN(CC(C)C)S(=O)(=O)c4ccc(OC)cc4)[C@@H](C)CC)C3=O)cs2)ccn1. The van der Waals surface area contributed by atoms with Gasteiger partial charge in [-0.3, -0.25) is 9.78 Å². The molecular weight excluding hydrogens is 737 g/mol. The predicted octanol–water partition coefficient (Wildman–Crippen LogP) is 5.86. The fourth-order valence-corrected chi connectivity index (χ4v) is 9.21. The third-order valence-corrected chi connectivity index (χ3v) is 12.8. The van der Waals surface area contributed by atoms with Crippen LogP contribution >= 0.6 is 11.3 Å². The number of benzene rings is 2. The summed E-state index contributed by atoms with van der Waals surface area (Å²) in [6.07, 6.45) is 2.23. The van der Waals surface area contributed by atoms with E-state index in [1.807, 2.05) is 75.5 Å². The first-order chi connectivity index (χ1) is 26.3. The molecule has 0 aliphatic carbocycles. The molecule has 1 aliphatic rings. The number of pyridine rings is 1. The average Bonchev–Trinajstić information content (AvgIpc) is 3.80. The van der Waals surface area contributed by atoms with Gasteiger partial charge in [-0.05, 0) is 66.6 Å². The van der Waals surface area contributed by atoms with Crippen LogP contribution in [0.1, 0.15) is 58.0 Å². The highest BCUT2D eigenvalue weighted by Crippen LogP contribution is 2.28. The van der Waals surface area contributed by atoms with Crippen LogP contribution in [0.4, 0.5) is 4.79 Å². The number of aromatic nitrogens is 2. The zero-order valence-electron chi connectivity index (χ0n) is 32.6. The fourth-order valence-electron chi connectivity index (χ4n) is 6.78. The van der Waals surface area contributed by atoms with Gasteiger partial charge in [-0.25, -0.2) is 18.2 Å². The summed E-state index contributed by atoms with van der Waals surface area (Å²) in [6, 6.07) is 17.7. The Labute approximate surface area is 329 Å². The zero-order valence-corrected chi connectivity index (χ0v) is 34.2. The molecule has 296 valence electrons. The highest BCUT2D eigenvalue weighted by atomic mass is 32.2. The number of aryl methyl sites for hydroxylation is 1. The van der Waals surface area contributed by atoms with Gasteiger partial charge in [0.1, 0.15) is 16.8 Å². The number of ether oxygens (including phenoxy) is 1. The average molecular weight is 791 g/mol. The Morgan fingerprint density at radius 2 is 1.75 bits per heavy atom. The molecule has 3 amide bonds. The number of hydrogen-bond donors (Lipinski definition) is 2. The van der Waals surface area contributed by atoms with Crippen LogP contribution in [0.25, 0.3) is 10.6 Å². The molecule has 0 saturated carbocycles. The summed E-state index contributed by atoms with van der Waals surface area (Å²) in [5, 5.41) is 17.8. The second-order valence-corrected chi connectivity index (χ2v) is 17.3. The zero-order chi connectivity index (χ0) is 39.7. The minimum Gasteiger partial charge on any atom is -0.497 e. The quantitative estimate of drug-likeness (QED) is 0.120. The van der Waals surface area contributed by atoms with Crippen molar-refractivity contribution in [1.82, 2.24) is 29.4 Å². The lowest BCUT2D eigenvalue weighted by Gasteiger charge is -2.35. The fraction of sp³-hybridized carbons (Fsp3) is 0.463. The van der Waals surface area contributed by atoms with Crippen molar-refractivity contribution in [1.29, 1.82) is 0 Å². The number of hydrogen-bond acceptors (Lipinski definition) is 9. The first kappa shape index (κ1) is 41.8. The van der Waals surface area contributed by atoms with Gasteiger partial charge in [0, 0.05) is 49.0 Å². The highest BCUT2D eigenvalue weighted by Gasteiger charge is 2.41. The first-order valence-electron chi connectivity index (χ1n) is 19.0. The Hall–Kier alpha value is -4.37. The number of rotatable bonds is 19. The van der Waals surface area contributed by atoms with E-state index in [-0.39, 0.29) is 42.3 Å². The first-order valence-corrected chi connectivity index (χ1v) is 21.3. The van der Waals surface area contributed by atoms with Gasteiger partial charge in [0.15, 0.2) is 0 Å². The van der Waals surface area contributed by atoms with Crippen LogP contribution in [0.5, 0.6) is 5.75 Å². The van der Waals surface area contributed by atoms with Crippen molar-refractivity contribution in [3.05, 3.63) is 95.3 Å². The van der Waals surface area contributed by atoms with Gasteiger partial charge in [-0.1, -0.05) is 71.4 Å². The van der Waals surface area contributed by atoms with Crippen molar-refractivity contribution in [2.75, 3.05) is 33.3 Å². The lowest BCUT2D eigenvalue weighted by Crippen LogP contribution is -2.57. The number of amides is 3. The molecule has 5 rings (SSSR count). The van der Waals surface area contributed by atoms with E-state index in [9.17, 15) is 23.1 Å². The molecule has 12 nitrogen and oxygen atoms in total. The lowest BCUT2D eigenvalue weighted by molar-refractivity contribution is -0.128. The van der Waals surface area contributed by atoms with Crippen molar-refractivity contribution >= 4 is 33.3 Å². The van der Waals surface area contributed by atoms with Gasteiger partial charge >= 0.3 is 6.03 Å². The molecule has 1 fully saturated rings.